The summed E-state index contributed by atoms with van der Waals surface area (Å²) in [7, 11) is 2.01. The summed E-state index contributed by atoms with van der Waals surface area (Å²) in [4.78, 5) is 28.2. The van der Waals surface area contributed by atoms with Crippen LogP contribution in [0.2, 0.25) is 0 Å². The van der Waals surface area contributed by atoms with Crippen LogP contribution in [0.3, 0.4) is 0 Å². The van der Waals surface area contributed by atoms with E-state index < -0.39 is 17.2 Å². The molecule has 0 unspecified atom stereocenters. The summed E-state index contributed by atoms with van der Waals surface area (Å²) in [6, 6.07) is 1.24. The molecule has 0 atom stereocenters. The average Bonchev–Trinajstić information content (AvgIpc) is 3.47. The highest BCUT2D eigenvalue weighted by Crippen LogP contribution is 2.40. The molecule has 2 fully saturated rings. The monoisotopic (exact) mass is 369 g/mol. The van der Waals surface area contributed by atoms with Crippen LogP contribution in [-0.2, 0) is 0 Å². The van der Waals surface area contributed by atoms with Crippen molar-refractivity contribution in [3.8, 4) is 12.3 Å². The number of benzene rings is 1. The second-order valence-corrected chi connectivity index (χ2v) is 7.23. The van der Waals surface area contributed by atoms with Crippen molar-refractivity contribution in [1.82, 2.24) is 9.47 Å². The highest BCUT2D eigenvalue weighted by atomic mass is 19.1. The summed E-state index contributed by atoms with van der Waals surface area (Å²) in [5.41, 5.74) is 0.0645. The zero-order valence-corrected chi connectivity index (χ0v) is 15.0. The number of anilines is 1. The van der Waals surface area contributed by atoms with Crippen LogP contribution in [0.4, 0.5) is 10.1 Å². The fourth-order valence-corrected chi connectivity index (χ4v) is 3.75. The largest absolute Gasteiger partial charge is 0.477 e. The zero-order chi connectivity index (χ0) is 19.3. The second kappa shape index (κ2) is 6.39. The number of hydrogen-bond donors (Lipinski definition) is 1. The number of pyridine rings is 1. The quantitative estimate of drug-likeness (QED) is 0.838. The van der Waals surface area contributed by atoms with E-state index in [9.17, 15) is 14.7 Å². The van der Waals surface area contributed by atoms with E-state index in [4.69, 9.17) is 6.42 Å². The summed E-state index contributed by atoms with van der Waals surface area (Å²) in [5, 5.41) is 9.40. The molecule has 2 aliphatic rings. The Labute approximate surface area is 155 Å². The molecule has 1 aliphatic carbocycles. The third-order valence-electron chi connectivity index (χ3n) is 5.38. The summed E-state index contributed by atoms with van der Waals surface area (Å²) in [5.74, 6) is 0.685. The molecule has 0 radical (unpaired) electrons. The smallest absolute Gasteiger partial charge is 0.341 e. The van der Waals surface area contributed by atoms with Gasteiger partial charge >= 0.3 is 5.97 Å². The van der Waals surface area contributed by atoms with Crippen LogP contribution in [-0.4, -0.2) is 53.8 Å². The Balaban J connectivity index is 2.03. The molecule has 1 N–H and O–H groups in total. The molecule has 140 valence electrons. The molecule has 7 heteroatoms. The molecule has 1 aromatic carbocycles. The van der Waals surface area contributed by atoms with Crippen LogP contribution in [0.15, 0.2) is 17.1 Å². The Kier molecular flexibility index (Phi) is 4.16. The van der Waals surface area contributed by atoms with Crippen molar-refractivity contribution in [2.75, 3.05) is 38.1 Å². The standard InChI is InChI=1S/C20H20FN3O3/c1-3-13-17-14(10-16(21)18(13)23-8-6-22(2)7-9-23)19(25)15(20(26)27)11-24(17)12-4-5-12/h1,10-12H,4-9H2,2H3,(H,26,27). The maximum Gasteiger partial charge on any atom is 0.341 e. The number of terminal acetylenes is 1. The predicted octanol–water partition coefficient (Wildman–Crippen LogP) is 1.91. The van der Waals surface area contributed by atoms with Crippen LogP contribution in [0.1, 0.15) is 34.8 Å². The van der Waals surface area contributed by atoms with Crippen molar-refractivity contribution < 1.29 is 14.3 Å². The number of nitrogens with zero attached hydrogens (tertiary/aromatic N) is 3. The van der Waals surface area contributed by atoms with Crippen molar-refractivity contribution in [1.29, 1.82) is 0 Å². The van der Waals surface area contributed by atoms with Gasteiger partial charge in [0.05, 0.1) is 22.2 Å². The fourth-order valence-electron chi connectivity index (χ4n) is 3.75. The normalized spacial score (nSPS) is 17.9. The number of halogens is 1. The first-order chi connectivity index (χ1) is 12.9. The zero-order valence-electron chi connectivity index (χ0n) is 15.0. The van der Waals surface area contributed by atoms with E-state index >= 15 is 4.39 Å². The molecule has 0 bridgehead atoms. The maximum atomic E-state index is 15.1. The number of aromatic carboxylic acids is 1. The van der Waals surface area contributed by atoms with Gasteiger partial charge in [-0.15, -0.1) is 6.42 Å². The van der Waals surface area contributed by atoms with Gasteiger partial charge in [-0.25, -0.2) is 9.18 Å². The number of carboxylic acid groups (broad SMARTS) is 1. The van der Waals surface area contributed by atoms with Gasteiger partial charge in [0.2, 0.25) is 5.43 Å². The lowest BCUT2D eigenvalue weighted by Gasteiger charge is -2.35. The van der Waals surface area contributed by atoms with E-state index in [1.807, 2.05) is 11.9 Å². The van der Waals surface area contributed by atoms with Crippen LogP contribution in [0.25, 0.3) is 10.9 Å². The SMILES string of the molecule is C#Cc1c(N2CCN(C)CC2)c(F)cc2c(=O)c(C(=O)O)cn(C3CC3)c12. The fraction of sp³-hybridized carbons (Fsp3) is 0.400. The Hall–Kier alpha value is -2.85. The van der Waals surface area contributed by atoms with Gasteiger partial charge in [0, 0.05) is 38.4 Å². The number of hydrogen-bond acceptors (Lipinski definition) is 4. The lowest BCUT2D eigenvalue weighted by atomic mass is 10.0. The minimum Gasteiger partial charge on any atom is -0.477 e. The molecule has 2 aromatic rings. The number of fused-ring (bicyclic) bond motifs is 1. The van der Waals surface area contributed by atoms with E-state index in [0.29, 0.717) is 29.9 Å². The predicted molar refractivity (Wildman–Crippen MR) is 101 cm³/mol. The Morgan fingerprint density at radius 2 is 1.96 bits per heavy atom. The van der Waals surface area contributed by atoms with E-state index in [1.165, 1.54) is 6.20 Å². The summed E-state index contributed by atoms with van der Waals surface area (Å²) < 4.78 is 16.8. The molecule has 6 nitrogen and oxygen atoms in total. The molecule has 1 aromatic heterocycles. The van der Waals surface area contributed by atoms with Crippen molar-refractivity contribution >= 4 is 22.6 Å². The summed E-state index contributed by atoms with van der Waals surface area (Å²) >= 11 is 0. The van der Waals surface area contributed by atoms with Gasteiger partial charge in [-0.3, -0.25) is 4.79 Å². The first-order valence-corrected chi connectivity index (χ1v) is 8.97. The Bertz CT molecular complexity index is 1040. The lowest BCUT2D eigenvalue weighted by molar-refractivity contribution is 0.0695. The second-order valence-electron chi connectivity index (χ2n) is 7.23. The van der Waals surface area contributed by atoms with Crippen molar-refractivity contribution in [2.45, 2.75) is 18.9 Å². The van der Waals surface area contributed by atoms with Crippen LogP contribution in [0, 0.1) is 18.2 Å². The molecule has 0 amide bonds. The van der Waals surface area contributed by atoms with Crippen molar-refractivity contribution in [3.63, 3.8) is 0 Å². The summed E-state index contributed by atoms with van der Waals surface area (Å²) in [6.45, 7) is 2.84. The van der Waals surface area contributed by atoms with Gasteiger partial charge in [0.1, 0.15) is 11.4 Å². The van der Waals surface area contributed by atoms with Crippen LogP contribution < -0.4 is 10.3 Å². The number of likely N-dealkylation sites (N-methyl/N-ethyl adjacent to an activating group) is 1. The first kappa shape index (κ1) is 17.6. The molecule has 1 aliphatic heterocycles. The average molecular weight is 369 g/mol. The highest BCUT2D eigenvalue weighted by Gasteiger charge is 2.30. The summed E-state index contributed by atoms with van der Waals surface area (Å²) in [6.07, 6.45) is 8.88. The Morgan fingerprint density at radius 1 is 1.30 bits per heavy atom. The molecule has 1 saturated heterocycles. The van der Waals surface area contributed by atoms with Crippen LogP contribution in [0.5, 0.6) is 0 Å². The molecule has 2 heterocycles. The van der Waals surface area contributed by atoms with Gasteiger partial charge in [0.15, 0.2) is 0 Å². The number of carbonyl (C=O) groups is 1. The molecule has 0 spiro atoms. The number of carboxylic acids is 1. The van der Waals surface area contributed by atoms with E-state index in [-0.39, 0.29) is 17.0 Å². The molecule has 27 heavy (non-hydrogen) atoms. The molecular weight excluding hydrogens is 349 g/mol. The number of aromatic nitrogens is 1. The molecule has 1 saturated carbocycles. The van der Waals surface area contributed by atoms with E-state index in [2.05, 4.69) is 10.8 Å². The molecule has 4 rings (SSSR count). The first-order valence-electron chi connectivity index (χ1n) is 8.97. The van der Waals surface area contributed by atoms with Gasteiger partial charge in [-0.2, -0.15) is 0 Å². The van der Waals surface area contributed by atoms with Gasteiger partial charge < -0.3 is 19.5 Å². The van der Waals surface area contributed by atoms with Gasteiger partial charge in [-0.05, 0) is 26.0 Å². The number of rotatable bonds is 3. The highest BCUT2D eigenvalue weighted by molar-refractivity contribution is 5.96. The van der Waals surface area contributed by atoms with Crippen molar-refractivity contribution in [2.24, 2.45) is 0 Å². The van der Waals surface area contributed by atoms with Crippen LogP contribution >= 0.6 is 0 Å². The number of piperazine rings is 1. The maximum absolute atomic E-state index is 15.1. The van der Waals surface area contributed by atoms with Crippen molar-refractivity contribution in [3.05, 3.63) is 39.4 Å². The Morgan fingerprint density at radius 3 is 2.52 bits per heavy atom. The third-order valence-corrected chi connectivity index (χ3v) is 5.38. The minimum absolute atomic E-state index is 0.0325. The van der Waals surface area contributed by atoms with Gasteiger partial charge in [-0.1, -0.05) is 5.92 Å². The minimum atomic E-state index is -1.32. The lowest BCUT2D eigenvalue weighted by Crippen LogP contribution is -2.45. The molecular formula is C20H20FN3O3. The van der Waals surface area contributed by atoms with E-state index in [0.717, 1.165) is 32.0 Å². The van der Waals surface area contributed by atoms with Gasteiger partial charge in [0.25, 0.3) is 0 Å². The van der Waals surface area contributed by atoms with E-state index in [1.54, 1.807) is 4.57 Å². The topological polar surface area (TPSA) is 65.8 Å². The third kappa shape index (κ3) is 2.86.